The van der Waals surface area contributed by atoms with Gasteiger partial charge in [0.05, 0.1) is 7.05 Å². The van der Waals surface area contributed by atoms with Crippen LogP contribution in [-0.4, -0.2) is 60.7 Å². The first-order chi connectivity index (χ1) is 13.2. The zero-order valence-corrected chi connectivity index (χ0v) is 16.5. The highest BCUT2D eigenvalue weighted by Gasteiger charge is 2.72. The van der Waals surface area contributed by atoms with Crippen molar-refractivity contribution >= 4 is 23.5 Å². The number of benzene rings is 1. The summed E-state index contributed by atoms with van der Waals surface area (Å²) in [6, 6.07) is 9.57. The van der Waals surface area contributed by atoms with E-state index >= 15 is 0 Å². The Balaban J connectivity index is 1.67. The maximum atomic E-state index is 12.9. The molecule has 3 heterocycles. The van der Waals surface area contributed by atoms with E-state index in [9.17, 15) is 9.59 Å². The van der Waals surface area contributed by atoms with Crippen molar-refractivity contribution in [2.45, 2.75) is 50.8 Å². The lowest BCUT2D eigenvalue weighted by atomic mass is 9.92. The first-order valence-electron chi connectivity index (χ1n) is 9.36. The van der Waals surface area contributed by atoms with Crippen molar-refractivity contribution in [2.24, 2.45) is 7.05 Å². The van der Waals surface area contributed by atoms with Gasteiger partial charge in [-0.2, -0.15) is 4.80 Å². The highest BCUT2D eigenvalue weighted by atomic mass is 16.6. The van der Waals surface area contributed by atoms with Gasteiger partial charge in [-0.05, 0) is 44.5 Å². The van der Waals surface area contributed by atoms with Crippen LogP contribution in [-0.2, 0) is 21.4 Å². The second-order valence-electron chi connectivity index (χ2n) is 8.25. The van der Waals surface area contributed by atoms with Crippen molar-refractivity contribution in [3.63, 3.8) is 0 Å². The molecule has 148 valence electrons. The van der Waals surface area contributed by atoms with Gasteiger partial charge in [0, 0.05) is 24.7 Å². The molecule has 2 aliphatic rings. The van der Waals surface area contributed by atoms with Crippen LogP contribution in [0.25, 0.3) is 0 Å². The lowest BCUT2D eigenvalue weighted by Crippen LogP contribution is -2.48. The number of amides is 1. The summed E-state index contributed by atoms with van der Waals surface area (Å²) in [5.74, 6) is -0.196. The molecule has 2 aromatic rings. The number of ether oxygens (including phenoxy) is 1. The third kappa shape index (κ3) is 3.00. The summed E-state index contributed by atoms with van der Waals surface area (Å²) in [4.78, 5) is 30.4. The predicted octanol–water partition coefficient (Wildman–Crippen LogP) is 1.43. The Morgan fingerprint density at radius 2 is 2.00 bits per heavy atom. The summed E-state index contributed by atoms with van der Waals surface area (Å²) in [7, 11) is 1.70. The molecule has 9 nitrogen and oxygen atoms in total. The van der Waals surface area contributed by atoms with Crippen LogP contribution in [0.4, 0.5) is 11.6 Å². The molecule has 4 rings (SSSR count). The molecule has 2 atom stereocenters. The Morgan fingerprint density at radius 3 is 2.61 bits per heavy atom. The topological polar surface area (TPSA) is 93.2 Å². The molecule has 28 heavy (non-hydrogen) atoms. The number of para-hydroxylation sites is 1. The highest BCUT2D eigenvalue weighted by molar-refractivity contribution is 6.20. The zero-order valence-electron chi connectivity index (χ0n) is 16.5. The van der Waals surface area contributed by atoms with Gasteiger partial charge in [-0.3, -0.25) is 4.79 Å². The van der Waals surface area contributed by atoms with Gasteiger partial charge in [-0.25, -0.2) is 4.79 Å². The number of rotatable bonds is 4. The van der Waals surface area contributed by atoms with E-state index in [-0.39, 0.29) is 11.9 Å². The van der Waals surface area contributed by atoms with Crippen LogP contribution in [0.1, 0.15) is 33.6 Å². The molecular formula is C19H24N6O3. The summed E-state index contributed by atoms with van der Waals surface area (Å²) in [6.07, 6.45) is 1.03. The SMILES string of the molecule is Cn1nnc(N(c2ccccc2)C2CCN3C(=O)C3(C(=O)OC(C)(C)C)C2)n1. The summed E-state index contributed by atoms with van der Waals surface area (Å²) in [5.41, 5.74) is -0.967. The first kappa shape index (κ1) is 18.4. The molecule has 1 amide bonds. The van der Waals surface area contributed by atoms with Crippen molar-refractivity contribution in [1.29, 1.82) is 0 Å². The molecular weight excluding hydrogens is 360 g/mol. The minimum atomic E-state index is -1.20. The van der Waals surface area contributed by atoms with Gasteiger partial charge < -0.3 is 14.5 Å². The third-order valence-electron chi connectivity index (χ3n) is 5.08. The van der Waals surface area contributed by atoms with Crippen LogP contribution >= 0.6 is 0 Å². The quantitative estimate of drug-likeness (QED) is 0.447. The molecule has 0 spiro atoms. The number of aryl methyl sites for hydroxylation is 1. The smallest absolute Gasteiger partial charge is 0.342 e. The van der Waals surface area contributed by atoms with Crippen molar-refractivity contribution in [3.05, 3.63) is 30.3 Å². The molecule has 2 fully saturated rings. The fourth-order valence-electron chi connectivity index (χ4n) is 3.83. The van der Waals surface area contributed by atoms with E-state index in [1.165, 1.54) is 4.80 Å². The molecule has 0 radical (unpaired) electrons. The number of anilines is 2. The Labute approximate surface area is 163 Å². The van der Waals surface area contributed by atoms with E-state index in [4.69, 9.17) is 4.74 Å². The second kappa shape index (κ2) is 6.29. The van der Waals surface area contributed by atoms with Gasteiger partial charge in [-0.15, -0.1) is 5.10 Å². The maximum absolute atomic E-state index is 12.9. The van der Waals surface area contributed by atoms with Gasteiger partial charge in [0.15, 0.2) is 0 Å². The second-order valence-corrected chi connectivity index (χ2v) is 8.25. The molecule has 2 unspecified atom stereocenters. The molecule has 0 bridgehead atoms. The van der Waals surface area contributed by atoms with Crippen LogP contribution in [0.5, 0.6) is 0 Å². The average molecular weight is 384 g/mol. The molecule has 1 aromatic heterocycles. The largest absolute Gasteiger partial charge is 0.458 e. The van der Waals surface area contributed by atoms with Crippen LogP contribution in [0, 0.1) is 0 Å². The van der Waals surface area contributed by atoms with E-state index in [2.05, 4.69) is 15.4 Å². The fourth-order valence-corrected chi connectivity index (χ4v) is 3.83. The number of aromatic nitrogens is 4. The van der Waals surface area contributed by atoms with Crippen LogP contribution in [0.2, 0.25) is 0 Å². The van der Waals surface area contributed by atoms with Gasteiger partial charge in [0.1, 0.15) is 5.60 Å². The minimum Gasteiger partial charge on any atom is -0.458 e. The lowest BCUT2D eigenvalue weighted by molar-refractivity contribution is -0.160. The Hall–Kier alpha value is -2.97. The number of hydrogen-bond acceptors (Lipinski definition) is 7. The zero-order chi connectivity index (χ0) is 20.1. The molecule has 2 aliphatic heterocycles. The van der Waals surface area contributed by atoms with Crippen LogP contribution < -0.4 is 4.90 Å². The van der Waals surface area contributed by atoms with Crippen molar-refractivity contribution in [2.75, 3.05) is 11.4 Å². The van der Waals surface area contributed by atoms with Gasteiger partial charge in [-0.1, -0.05) is 23.3 Å². The minimum absolute atomic E-state index is 0.137. The van der Waals surface area contributed by atoms with E-state index in [1.807, 2.05) is 35.2 Å². The van der Waals surface area contributed by atoms with Crippen molar-refractivity contribution in [1.82, 2.24) is 25.1 Å². The number of esters is 1. The Bertz CT molecular complexity index is 906. The standard InChI is InChI=1S/C19H24N6O3/c1-18(2,3)28-16(27)19-12-14(10-11-24(19)15(19)26)25(13-8-6-5-7-9-13)17-20-22-23(4)21-17/h5-9,14H,10-12H2,1-4H3. The number of piperidine rings is 1. The molecule has 0 saturated carbocycles. The summed E-state index contributed by atoms with van der Waals surface area (Å²) >= 11 is 0. The van der Waals surface area contributed by atoms with Gasteiger partial charge in [0.2, 0.25) is 5.54 Å². The Morgan fingerprint density at radius 1 is 1.29 bits per heavy atom. The number of fused-ring (bicyclic) bond motifs is 1. The predicted molar refractivity (Wildman–Crippen MR) is 101 cm³/mol. The number of carbonyl (C=O) groups is 2. The van der Waals surface area contributed by atoms with E-state index in [0.717, 1.165) is 5.69 Å². The van der Waals surface area contributed by atoms with Crippen LogP contribution in [0.15, 0.2) is 30.3 Å². The molecule has 9 heteroatoms. The molecule has 1 aromatic carbocycles. The molecule has 2 saturated heterocycles. The number of hydrogen-bond donors (Lipinski definition) is 0. The lowest BCUT2D eigenvalue weighted by Gasteiger charge is -2.36. The highest BCUT2D eigenvalue weighted by Crippen LogP contribution is 2.47. The molecule has 0 N–H and O–H groups in total. The number of tetrazole rings is 1. The van der Waals surface area contributed by atoms with Gasteiger partial charge in [0.25, 0.3) is 11.9 Å². The summed E-state index contributed by atoms with van der Waals surface area (Å²) in [5, 5.41) is 12.5. The van der Waals surface area contributed by atoms with Crippen molar-refractivity contribution < 1.29 is 14.3 Å². The number of nitrogens with zero attached hydrogens (tertiary/aromatic N) is 6. The first-order valence-corrected chi connectivity index (χ1v) is 9.36. The maximum Gasteiger partial charge on any atom is 0.342 e. The van der Waals surface area contributed by atoms with Crippen molar-refractivity contribution in [3.8, 4) is 0 Å². The summed E-state index contributed by atoms with van der Waals surface area (Å²) in [6.45, 7) is 5.91. The number of carbonyl (C=O) groups excluding carboxylic acids is 2. The molecule has 0 aliphatic carbocycles. The van der Waals surface area contributed by atoms with E-state index < -0.39 is 17.1 Å². The Kier molecular flexibility index (Phi) is 4.13. The third-order valence-corrected chi connectivity index (χ3v) is 5.08. The van der Waals surface area contributed by atoms with E-state index in [1.54, 1.807) is 32.7 Å². The average Bonchev–Trinajstić information content (AvgIpc) is 3.00. The monoisotopic (exact) mass is 384 g/mol. The summed E-state index contributed by atoms with van der Waals surface area (Å²) < 4.78 is 5.57. The van der Waals surface area contributed by atoms with Gasteiger partial charge >= 0.3 is 5.97 Å². The normalized spacial score (nSPS) is 23.9. The van der Waals surface area contributed by atoms with Crippen LogP contribution in [0.3, 0.4) is 0 Å². The fraction of sp³-hybridized carbons (Fsp3) is 0.526. The van der Waals surface area contributed by atoms with E-state index in [0.29, 0.717) is 25.3 Å².